The van der Waals surface area contributed by atoms with Crippen LogP contribution in [0.3, 0.4) is 0 Å². The average Bonchev–Trinajstić information content (AvgIpc) is 2.80. The van der Waals surface area contributed by atoms with Gasteiger partial charge in [-0.15, -0.1) is 11.3 Å². The van der Waals surface area contributed by atoms with Crippen molar-refractivity contribution in [3.05, 3.63) is 41.2 Å². The summed E-state index contributed by atoms with van der Waals surface area (Å²) in [6.45, 7) is 3.59. The average molecular weight is 262 g/mol. The van der Waals surface area contributed by atoms with E-state index in [9.17, 15) is 9.18 Å². The summed E-state index contributed by atoms with van der Waals surface area (Å²) in [5.41, 5.74) is 0.866. The van der Waals surface area contributed by atoms with Crippen molar-refractivity contribution in [3.8, 4) is 10.6 Å². The van der Waals surface area contributed by atoms with Gasteiger partial charge in [-0.05, 0) is 38.1 Å². The molecule has 0 N–H and O–H groups in total. The van der Waals surface area contributed by atoms with Crippen LogP contribution in [0.4, 0.5) is 4.39 Å². The summed E-state index contributed by atoms with van der Waals surface area (Å²) >= 11 is 1.44. The normalized spacial score (nSPS) is 11.1. The molecule has 2 aromatic rings. The van der Waals surface area contributed by atoms with Gasteiger partial charge < -0.3 is 0 Å². The second kappa shape index (κ2) is 4.80. The van der Waals surface area contributed by atoms with E-state index in [1.54, 1.807) is 32.1 Å². The van der Waals surface area contributed by atoms with Gasteiger partial charge in [-0.1, -0.05) is 0 Å². The molecule has 0 fully saturated rings. The lowest BCUT2D eigenvalue weighted by Crippen LogP contribution is -2.13. The smallest absolute Gasteiger partial charge is 0.235 e. The maximum absolute atomic E-state index is 12.8. The van der Waals surface area contributed by atoms with Gasteiger partial charge in [0.15, 0.2) is 0 Å². The van der Waals surface area contributed by atoms with Crippen LogP contribution < -0.4 is 0 Å². The molecule has 0 aliphatic heterocycles. The molecule has 0 saturated carbocycles. The first kappa shape index (κ1) is 12.6. The van der Waals surface area contributed by atoms with Crippen molar-refractivity contribution >= 4 is 17.4 Å². The minimum Gasteiger partial charge on any atom is -0.239 e. The summed E-state index contributed by atoms with van der Waals surface area (Å²) in [7, 11) is 0. The topological polar surface area (TPSA) is 42.3 Å². The third-order valence-corrected chi connectivity index (χ3v) is 3.44. The quantitative estimate of drug-likeness (QED) is 0.627. The Labute approximate surface area is 108 Å². The van der Waals surface area contributed by atoms with E-state index in [1.807, 2.05) is 5.38 Å². The molecule has 92 valence electrons. The molecule has 0 saturated heterocycles. The van der Waals surface area contributed by atoms with Gasteiger partial charge in [-0.2, -0.15) is 4.99 Å². The van der Waals surface area contributed by atoms with Crippen LogP contribution in [0.15, 0.2) is 34.6 Å². The Morgan fingerprint density at radius 3 is 2.61 bits per heavy atom. The standard InChI is InChI=1S/C13H11FN2OS/c1-13(2,15-8-17)11-7-18-12(16-11)9-3-5-10(14)6-4-9/h3-7H,1-2H3. The largest absolute Gasteiger partial charge is 0.239 e. The minimum absolute atomic E-state index is 0.276. The number of hydrogen-bond acceptors (Lipinski definition) is 4. The van der Waals surface area contributed by atoms with Gasteiger partial charge in [0, 0.05) is 10.9 Å². The Balaban J connectivity index is 2.36. The predicted molar refractivity (Wildman–Crippen MR) is 68.7 cm³/mol. The highest BCUT2D eigenvalue weighted by Gasteiger charge is 2.23. The number of rotatable bonds is 3. The molecule has 1 heterocycles. The molecule has 5 heteroatoms. The zero-order valence-corrected chi connectivity index (χ0v) is 10.8. The molecule has 0 atom stereocenters. The molecule has 0 aliphatic rings. The molecule has 0 bridgehead atoms. The Morgan fingerprint density at radius 2 is 2.00 bits per heavy atom. The van der Waals surface area contributed by atoms with E-state index in [4.69, 9.17) is 0 Å². The summed E-state index contributed by atoms with van der Waals surface area (Å²) in [6, 6.07) is 6.14. The molecule has 0 radical (unpaired) electrons. The van der Waals surface area contributed by atoms with Gasteiger partial charge in [-0.25, -0.2) is 14.2 Å². The van der Waals surface area contributed by atoms with Crippen LogP contribution in [0.1, 0.15) is 19.5 Å². The van der Waals surface area contributed by atoms with Crippen molar-refractivity contribution in [2.45, 2.75) is 19.4 Å². The van der Waals surface area contributed by atoms with Crippen molar-refractivity contribution in [2.24, 2.45) is 4.99 Å². The third kappa shape index (κ3) is 2.53. The monoisotopic (exact) mass is 262 g/mol. The van der Waals surface area contributed by atoms with Crippen LogP contribution >= 0.6 is 11.3 Å². The molecular weight excluding hydrogens is 251 g/mol. The van der Waals surface area contributed by atoms with Gasteiger partial charge >= 0.3 is 0 Å². The lowest BCUT2D eigenvalue weighted by Gasteiger charge is -2.13. The van der Waals surface area contributed by atoms with E-state index in [0.29, 0.717) is 5.69 Å². The Kier molecular flexibility index (Phi) is 3.36. The van der Waals surface area contributed by atoms with Crippen molar-refractivity contribution < 1.29 is 9.18 Å². The van der Waals surface area contributed by atoms with Crippen molar-refractivity contribution in [2.75, 3.05) is 0 Å². The SMILES string of the molecule is CC(C)(N=C=O)c1csc(-c2ccc(F)cc2)n1. The van der Waals surface area contributed by atoms with Gasteiger partial charge in [0.1, 0.15) is 16.4 Å². The summed E-state index contributed by atoms with van der Waals surface area (Å²) in [5, 5.41) is 2.62. The molecular formula is C13H11FN2OS. The summed E-state index contributed by atoms with van der Waals surface area (Å²) < 4.78 is 12.8. The van der Waals surface area contributed by atoms with Crippen LogP contribution in [0.2, 0.25) is 0 Å². The number of hydrogen-bond donors (Lipinski definition) is 0. The molecule has 1 aromatic heterocycles. The van der Waals surface area contributed by atoms with Crippen LogP contribution in [-0.2, 0) is 10.3 Å². The van der Waals surface area contributed by atoms with Crippen LogP contribution in [0, 0.1) is 5.82 Å². The van der Waals surface area contributed by atoms with Crippen LogP contribution in [0.5, 0.6) is 0 Å². The second-order valence-corrected chi connectivity index (χ2v) is 5.17. The van der Waals surface area contributed by atoms with E-state index < -0.39 is 5.54 Å². The Morgan fingerprint density at radius 1 is 1.33 bits per heavy atom. The molecule has 0 spiro atoms. The number of aliphatic imine (C=N–C) groups is 1. The Hall–Kier alpha value is -1.84. The van der Waals surface area contributed by atoms with Gasteiger partial charge in [-0.3, -0.25) is 0 Å². The number of thiazole rings is 1. The lowest BCUT2D eigenvalue weighted by molar-refractivity contribution is 0.515. The predicted octanol–water partition coefficient (Wildman–Crippen LogP) is 3.52. The fourth-order valence-electron chi connectivity index (χ4n) is 1.45. The molecule has 18 heavy (non-hydrogen) atoms. The molecule has 0 unspecified atom stereocenters. The Bertz CT molecular complexity index is 598. The molecule has 0 amide bonds. The number of halogens is 1. The number of aromatic nitrogens is 1. The maximum Gasteiger partial charge on any atom is 0.235 e. The molecule has 3 nitrogen and oxygen atoms in total. The van der Waals surface area contributed by atoms with Gasteiger partial charge in [0.05, 0.1) is 5.69 Å². The number of benzene rings is 1. The highest BCUT2D eigenvalue weighted by molar-refractivity contribution is 7.13. The fourth-order valence-corrected chi connectivity index (χ4v) is 2.44. The maximum atomic E-state index is 12.8. The van der Waals surface area contributed by atoms with Gasteiger partial charge in [0.2, 0.25) is 6.08 Å². The van der Waals surface area contributed by atoms with E-state index in [1.165, 1.54) is 23.5 Å². The lowest BCUT2D eigenvalue weighted by atomic mass is 10.0. The summed E-state index contributed by atoms with van der Waals surface area (Å²) in [4.78, 5) is 18.5. The highest BCUT2D eigenvalue weighted by atomic mass is 32.1. The summed E-state index contributed by atoms with van der Waals surface area (Å²) in [6.07, 6.45) is 1.55. The van der Waals surface area contributed by atoms with Crippen molar-refractivity contribution in [3.63, 3.8) is 0 Å². The van der Waals surface area contributed by atoms with E-state index >= 15 is 0 Å². The minimum atomic E-state index is -0.684. The number of carbonyl (C=O) groups excluding carboxylic acids is 1. The number of nitrogens with zero attached hydrogens (tertiary/aromatic N) is 2. The molecule has 1 aromatic carbocycles. The van der Waals surface area contributed by atoms with Gasteiger partial charge in [0.25, 0.3) is 0 Å². The first-order chi connectivity index (χ1) is 8.53. The summed E-state index contributed by atoms with van der Waals surface area (Å²) in [5.74, 6) is -0.276. The fraction of sp³-hybridized carbons (Fsp3) is 0.231. The number of isocyanates is 1. The zero-order valence-electron chi connectivity index (χ0n) is 9.98. The van der Waals surface area contributed by atoms with Crippen molar-refractivity contribution in [1.82, 2.24) is 4.98 Å². The molecule has 2 rings (SSSR count). The first-order valence-corrected chi connectivity index (χ1v) is 6.22. The molecule has 0 aliphatic carbocycles. The van der Waals surface area contributed by atoms with E-state index in [0.717, 1.165) is 10.6 Å². The van der Waals surface area contributed by atoms with Crippen LogP contribution in [0.25, 0.3) is 10.6 Å². The van der Waals surface area contributed by atoms with Crippen LogP contribution in [-0.4, -0.2) is 11.1 Å². The highest BCUT2D eigenvalue weighted by Crippen LogP contribution is 2.30. The second-order valence-electron chi connectivity index (χ2n) is 4.31. The van der Waals surface area contributed by atoms with E-state index in [2.05, 4.69) is 9.98 Å². The van der Waals surface area contributed by atoms with Crippen molar-refractivity contribution in [1.29, 1.82) is 0 Å². The third-order valence-electron chi connectivity index (χ3n) is 2.55. The first-order valence-electron chi connectivity index (χ1n) is 5.34. The van der Waals surface area contributed by atoms with E-state index in [-0.39, 0.29) is 5.82 Å². The zero-order chi connectivity index (χ0) is 13.2.